The molecule has 0 bridgehead atoms. The van der Waals surface area contributed by atoms with Crippen molar-refractivity contribution in [2.75, 3.05) is 19.6 Å². The molecule has 0 radical (unpaired) electrons. The average Bonchev–Trinajstić information content (AvgIpc) is 3.16. The lowest BCUT2D eigenvalue weighted by Crippen LogP contribution is -2.40. The lowest BCUT2D eigenvalue weighted by Gasteiger charge is -2.30. The van der Waals surface area contributed by atoms with E-state index in [0.29, 0.717) is 11.9 Å². The third-order valence-corrected chi connectivity index (χ3v) is 5.80. The molecule has 1 saturated heterocycles. The van der Waals surface area contributed by atoms with Crippen LogP contribution in [0.5, 0.6) is 0 Å². The van der Waals surface area contributed by atoms with Crippen molar-refractivity contribution in [3.8, 4) is 0 Å². The van der Waals surface area contributed by atoms with E-state index in [-0.39, 0.29) is 0 Å². The number of benzene rings is 1. The van der Waals surface area contributed by atoms with Crippen molar-refractivity contribution in [3.63, 3.8) is 0 Å². The van der Waals surface area contributed by atoms with Gasteiger partial charge in [-0.05, 0) is 63.1 Å². The SMILES string of the molecule is O=C(CCC1CCNCC1)N(CCc1ccccc1)C1CCCC1. The zero-order valence-electron chi connectivity index (χ0n) is 14.9. The summed E-state index contributed by atoms with van der Waals surface area (Å²) < 4.78 is 0. The van der Waals surface area contributed by atoms with Gasteiger partial charge in [0.25, 0.3) is 0 Å². The van der Waals surface area contributed by atoms with Crippen LogP contribution in [0.1, 0.15) is 56.9 Å². The average molecular weight is 329 g/mol. The first-order chi connectivity index (χ1) is 11.8. The standard InChI is InChI=1S/C21H32N2O/c24-21(11-10-19-12-15-22-16-13-19)23(20-8-4-5-9-20)17-14-18-6-2-1-3-7-18/h1-3,6-7,19-20,22H,4-5,8-17H2. The maximum atomic E-state index is 12.9. The first-order valence-corrected chi connectivity index (χ1v) is 9.87. The highest BCUT2D eigenvalue weighted by Gasteiger charge is 2.26. The van der Waals surface area contributed by atoms with E-state index in [1.807, 2.05) is 0 Å². The van der Waals surface area contributed by atoms with Gasteiger partial charge in [0, 0.05) is 19.0 Å². The highest BCUT2D eigenvalue weighted by Crippen LogP contribution is 2.26. The summed E-state index contributed by atoms with van der Waals surface area (Å²) in [5.41, 5.74) is 1.34. The van der Waals surface area contributed by atoms with Crippen LogP contribution < -0.4 is 5.32 Å². The Kier molecular flexibility index (Phi) is 6.71. The van der Waals surface area contributed by atoms with E-state index in [2.05, 4.69) is 40.5 Å². The normalized spacial score (nSPS) is 19.5. The molecule has 1 aliphatic heterocycles. The summed E-state index contributed by atoms with van der Waals surface area (Å²) >= 11 is 0. The zero-order chi connectivity index (χ0) is 16.6. The molecule has 1 aromatic carbocycles. The van der Waals surface area contributed by atoms with Crippen molar-refractivity contribution in [3.05, 3.63) is 35.9 Å². The molecule has 2 aliphatic rings. The van der Waals surface area contributed by atoms with Crippen molar-refractivity contribution in [2.24, 2.45) is 5.92 Å². The van der Waals surface area contributed by atoms with Crippen molar-refractivity contribution in [1.82, 2.24) is 10.2 Å². The molecule has 3 heteroatoms. The Balaban J connectivity index is 1.53. The quantitative estimate of drug-likeness (QED) is 0.826. The number of rotatable bonds is 7. The van der Waals surface area contributed by atoms with Crippen LogP contribution in [0.25, 0.3) is 0 Å². The van der Waals surface area contributed by atoms with Crippen LogP contribution in [-0.2, 0) is 11.2 Å². The lowest BCUT2D eigenvalue weighted by atomic mass is 9.93. The summed E-state index contributed by atoms with van der Waals surface area (Å²) in [5.74, 6) is 1.14. The second-order valence-electron chi connectivity index (χ2n) is 7.49. The van der Waals surface area contributed by atoms with E-state index in [1.54, 1.807) is 0 Å². The minimum absolute atomic E-state index is 0.399. The van der Waals surface area contributed by atoms with Crippen molar-refractivity contribution < 1.29 is 4.79 Å². The largest absolute Gasteiger partial charge is 0.339 e. The predicted molar refractivity (Wildman–Crippen MR) is 98.9 cm³/mol. The molecule has 1 saturated carbocycles. The summed E-state index contributed by atoms with van der Waals surface area (Å²) in [4.78, 5) is 15.1. The van der Waals surface area contributed by atoms with Gasteiger partial charge >= 0.3 is 0 Å². The Morgan fingerprint density at radius 2 is 1.75 bits per heavy atom. The molecule has 1 N–H and O–H groups in total. The summed E-state index contributed by atoms with van der Waals surface area (Å²) in [6, 6.07) is 11.1. The summed E-state index contributed by atoms with van der Waals surface area (Å²) in [6.07, 6.45) is 10.3. The van der Waals surface area contributed by atoms with E-state index < -0.39 is 0 Å². The summed E-state index contributed by atoms with van der Waals surface area (Å²) in [7, 11) is 0. The van der Waals surface area contributed by atoms with Crippen LogP contribution in [0.15, 0.2) is 30.3 Å². The van der Waals surface area contributed by atoms with E-state index in [9.17, 15) is 4.79 Å². The lowest BCUT2D eigenvalue weighted by molar-refractivity contribution is -0.133. The fraction of sp³-hybridized carbons (Fsp3) is 0.667. The van der Waals surface area contributed by atoms with Gasteiger partial charge in [-0.1, -0.05) is 43.2 Å². The number of hydrogen-bond donors (Lipinski definition) is 1. The molecule has 24 heavy (non-hydrogen) atoms. The van der Waals surface area contributed by atoms with E-state index >= 15 is 0 Å². The Morgan fingerprint density at radius 1 is 1.04 bits per heavy atom. The molecule has 0 atom stereocenters. The molecule has 132 valence electrons. The number of nitrogens with one attached hydrogen (secondary N) is 1. The minimum atomic E-state index is 0.399. The maximum Gasteiger partial charge on any atom is 0.222 e. The van der Waals surface area contributed by atoms with Gasteiger partial charge in [-0.15, -0.1) is 0 Å². The van der Waals surface area contributed by atoms with E-state index in [4.69, 9.17) is 0 Å². The monoisotopic (exact) mass is 328 g/mol. The highest BCUT2D eigenvalue weighted by molar-refractivity contribution is 5.76. The predicted octanol–water partition coefficient (Wildman–Crippen LogP) is 3.78. The van der Waals surface area contributed by atoms with Gasteiger partial charge < -0.3 is 10.2 Å². The van der Waals surface area contributed by atoms with Gasteiger partial charge in [0.2, 0.25) is 5.91 Å². The molecule has 1 aromatic rings. The van der Waals surface area contributed by atoms with Gasteiger partial charge in [0.15, 0.2) is 0 Å². The second-order valence-corrected chi connectivity index (χ2v) is 7.49. The Bertz CT molecular complexity index is 490. The zero-order valence-corrected chi connectivity index (χ0v) is 14.9. The smallest absolute Gasteiger partial charge is 0.222 e. The molecule has 1 amide bonds. The third kappa shape index (κ3) is 5.07. The maximum absolute atomic E-state index is 12.9. The molecular weight excluding hydrogens is 296 g/mol. The topological polar surface area (TPSA) is 32.3 Å². The van der Waals surface area contributed by atoms with Gasteiger partial charge in [0.05, 0.1) is 0 Å². The number of amides is 1. The number of nitrogens with zero attached hydrogens (tertiary/aromatic N) is 1. The van der Waals surface area contributed by atoms with Crippen molar-refractivity contribution in [2.45, 2.75) is 63.8 Å². The molecule has 2 fully saturated rings. The van der Waals surface area contributed by atoms with Crippen LogP contribution in [0.3, 0.4) is 0 Å². The van der Waals surface area contributed by atoms with E-state index in [0.717, 1.165) is 44.8 Å². The fourth-order valence-corrected chi connectivity index (χ4v) is 4.26. The molecule has 1 heterocycles. The van der Waals surface area contributed by atoms with Crippen LogP contribution in [0.4, 0.5) is 0 Å². The third-order valence-electron chi connectivity index (χ3n) is 5.80. The van der Waals surface area contributed by atoms with E-state index in [1.165, 1.54) is 44.1 Å². The molecule has 0 unspecified atom stereocenters. The minimum Gasteiger partial charge on any atom is -0.339 e. The molecule has 3 rings (SSSR count). The number of hydrogen-bond acceptors (Lipinski definition) is 2. The van der Waals surface area contributed by atoms with Crippen LogP contribution >= 0.6 is 0 Å². The van der Waals surface area contributed by atoms with Crippen LogP contribution in [0.2, 0.25) is 0 Å². The molecule has 0 spiro atoms. The number of piperidine rings is 1. The second kappa shape index (κ2) is 9.22. The summed E-state index contributed by atoms with van der Waals surface area (Å²) in [5, 5.41) is 3.41. The van der Waals surface area contributed by atoms with Gasteiger partial charge in [-0.3, -0.25) is 4.79 Å². The fourth-order valence-electron chi connectivity index (χ4n) is 4.26. The Labute approximate surface area is 146 Å². The highest BCUT2D eigenvalue weighted by atomic mass is 16.2. The van der Waals surface area contributed by atoms with Gasteiger partial charge in [0.1, 0.15) is 0 Å². The molecule has 3 nitrogen and oxygen atoms in total. The first-order valence-electron chi connectivity index (χ1n) is 9.87. The van der Waals surface area contributed by atoms with Gasteiger partial charge in [-0.2, -0.15) is 0 Å². The molecule has 0 aromatic heterocycles. The molecular formula is C21H32N2O. The Hall–Kier alpha value is -1.35. The number of carbonyl (C=O) groups is 1. The van der Waals surface area contributed by atoms with Crippen LogP contribution in [0, 0.1) is 5.92 Å². The van der Waals surface area contributed by atoms with Crippen LogP contribution in [-0.4, -0.2) is 36.5 Å². The molecule has 1 aliphatic carbocycles. The van der Waals surface area contributed by atoms with Crippen molar-refractivity contribution >= 4 is 5.91 Å². The number of carbonyl (C=O) groups excluding carboxylic acids is 1. The summed E-state index contributed by atoms with van der Waals surface area (Å²) in [6.45, 7) is 3.14. The Morgan fingerprint density at radius 3 is 2.46 bits per heavy atom. The van der Waals surface area contributed by atoms with Gasteiger partial charge in [-0.25, -0.2) is 0 Å². The first kappa shape index (κ1) is 17.5. The van der Waals surface area contributed by atoms with Crippen molar-refractivity contribution in [1.29, 1.82) is 0 Å².